The van der Waals surface area contributed by atoms with Gasteiger partial charge in [-0.15, -0.1) is 0 Å². The second kappa shape index (κ2) is 4.61. The maximum atomic E-state index is 12.6. The highest BCUT2D eigenvalue weighted by Crippen LogP contribution is 2.47. The van der Waals surface area contributed by atoms with E-state index < -0.39 is 23.8 Å². The average molecular weight is 283 g/mol. The van der Waals surface area contributed by atoms with Crippen LogP contribution in [0.5, 0.6) is 0 Å². The van der Waals surface area contributed by atoms with E-state index in [0.29, 0.717) is 30.6 Å². The van der Waals surface area contributed by atoms with Crippen molar-refractivity contribution in [2.75, 3.05) is 11.9 Å². The minimum Gasteiger partial charge on any atom is -0.385 e. The van der Waals surface area contributed by atoms with E-state index in [9.17, 15) is 26.3 Å². The quantitative estimate of drug-likeness (QED) is 0.760. The van der Waals surface area contributed by atoms with Crippen LogP contribution in [0.4, 0.5) is 32.0 Å². The summed E-state index contributed by atoms with van der Waals surface area (Å²) in [6.45, 7) is 0.675. The van der Waals surface area contributed by atoms with Gasteiger partial charge in [0.15, 0.2) is 5.92 Å². The first-order valence-corrected chi connectivity index (χ1v) is 5.70. The molecule has 0 fully saturated rings. The third kappa shape index (κ3) is 2.96. The van der Waals surface area contributed by atoms with Crippen molar-refractivity contribution in [3.05, 3.63) is 29.3 Å². The van der Waals surface area contributed by atoms with Crippen LogP contribution in [-0.4, -0.2) is 18.9 Å². The summed E-state index contributed by atoms with van der Waals surface area (Å²) in [5.41, 5.74) is 0.364. The van der Waals surface area contributed by atoms with Gasteiger partial charge in [-0.3, -0.25) is 0 Å². The molecule has 1 aliphatic rings. The third-order valence-corrected chi connectivity index (χ3v) is 3.06. The lowest BCUT2D eigenvalue weighted by Crippen LogP contribution is -2.34. The van der Waals surface area contributed by atoms with Gasteiger partial charge in [0.2, 0.25) is 0 Å². The zero-order valence-corrected chi connectivity index (χ0v) is 9.70. The molecule has 0 bridgehead atoms. The Hall–Kier alpha value is -1.40. The van der Waals surface area contributed by atoms with E-state index in [1.165, 1.54) is 6.07 Å². The maximum absolute atomic E-state index is 12.6. The van der Waals surface area contributed by atoms with E-state index in [4.69, 9.17) is 0 Å². The summed E-state index contributed by atoms with van der Waals surface area (Å²) >= 11 is 0. The van der Waals surface area contributed by atoms with E-state index in [1.807, 2.05) is 0 Å². The normalized spacial score (nSPS) is 16.2. The van der Waals surface area contributed by atoms with Gasteiger partial charge in [-0.2, -0.15) is 26.3 Å². The van der Waals surface area contributed by atoms with Crippen LogP contribution < -0.4 is 5.32 Å². The Balaban J connectivity index is 2.43. The molecule has 1 aromatic rings. The summed E-state index contributed by atoms with van der Waals surface area (Å²) < 4.78 is 75.6. The van der Waals surface area contributed by atoms with Crippen molar-refractivity contribution in [1.82, 2.24) is 0 Å². The zero-order chi connectivity index (χ0) is 14.3. The molecule has 0 spiro atoms. The van der Waals surface area contributed by atoms with Crippen LogP contribution >= 0.6 is 0 Å². The summed E-state index contributed by atoms with van der Waals surface area (Å²) in [5, 5.41) is 2.94. The number of halogens is 6. The molecule has 7 heteroatoms. The number of nitrogens with one attached hydrogen (secondary N) is 1. The number of aryl methyl sites for hydroxylation is 1. The van der Waals surface area contributed by atoms with Crippen LogP contribution in [-0.2, 0) is 6.42 Å². The molecule has 0 amide bonds. The Labute approximate surface area is 105 Å². The van der Waals surface area contributed by atoms with Gasteiger partial charge in [0.25, 0.3) is 0 Å². The van der Waals surface area contributed by atoms with Crippen molar-refractivity contribution >= 4 is 5.69 Å². The lowest BCUT2D eigenvalue weighted by molar-refractivity contribution is -0.253. The molecule has 0 radical (unpaired) electrons. The molecule has 1 heterocycles. The Morgan fingerprint density at radius 3 is 2.21 bits per heavy atom. The Kier molecular flexibility index (Phi) is 3.40. The standard InChI is InChI=1S/C12H11F6N/c13-11(14,15)10(12(16,17)18)8-3-4-9-7(6-8)2-1-5-19-9/h3-4,6,10,19H,1-2,5H2. The lowest BCUT2D eigenvalue weighted by Gasteiger charge is -2.25. The van der Waals surface area contributed by atoms with Crippen LogP contribution in [0.25, 0.3) is 0 Å². The van der Waals surface area contributed by atoms with Gasteiger partial charge in [-0.1, -0.05) is 12.1 Å². The highest BCUT2D eigenvalue weighted by molar-refractivity contribution is 5.55. The molecule has 0 aromatic heterocycles. The summed E-state index contributed by atoms with van der Waals surface area (Å²) in [6.07, 6.45) is -9.50. The van der Waals surface area contributed by atoms with Gasteiger partial charge >= 0.3 is 12.4 Å². The van der Waals surface area contributed by atoms with Gasteiger partial charge in [0.05, 0.1) is 0 Å². The highest BCUT2D eigenvalue weighted by atomic mass is 19.4. The summed E-state index contributed by atoms with van der Waals surface area (Å²) in [4.78, 5) is 0. The van der Waals surface area contributed by atoms with Crippen molar-refractivity contribution in [2.24, 2.45) is 0 Å². The molecule has 0 saturated carbocycles. The molecule has 0 aliphatic carbocycles. The number of rotatable bonds is 1. The van der Waals surface area contributed by atoms with Crippen LogP contribution in [0.2, 0.25) is 0 Å². The SMILES string of the molecule is FC(F)(F)C(c1ccc2c(c1)CCCN2)C(F)(F)F. The van der Waals surface area contributed by atoms with E-state index in [2.05, 4.69) is 5.32 Å². The summed E-state index contributed by atoms with van der Waals surface area (Å²) in [7, 11) is 0. The second-order valence-electron chi connectivity index (χ2n) is 4.46. The van der Waals surface area contributed by atoms with E-state index in [0.717, 1.165) is 12.1 Å². The minimum atomic E-state index is -5.34. The van der Waals surface area contributed by atoms with Gasteiger partial charge in [0, 0.05) is 12.2 Å². The smallest absolute Gasteiger partial charge is 0.385 e. The average Bonchev–Trinajstić information content (AvgIpc) is 2.25. The van der Waals surface area contributed by atoms with Crippen molar-refractivity contribution < 1.29 is 26.3 Å². The van der Waals surface area contributed by atoms with E-state index >= 15 is 0 Å². The fraction of sp³-hybridized carbons (Fsp3) is 0.500. The number of hydrogen-bond acceptors (Lipinski definition) is 1. The molecule has 0 unspecified atom stereocenters. The number of alkyl halides is 6. The van der Waals surface area contributed by atoms with Crippen molar-refractivity contribution in [3.8, 4) is 0 Å². The van der Waals surface area contributed by atoms with Crippen LogP contribution in [0, 0.1) is 0 Å². The molecule has 106 valence electrons. The van der Waals surface area contributed by atoms with Crippen molar-refractivity contribution in [3.63, 3.8) is 0 Å². The monoisotopic (exact) mass is 283 g/mol. The summed E-state index contributed by atoms with van der Waals surface area (Å²) in [5.74, 6) is -3.42. The molecule has 19 heavy (non-hydrogen) atoms. The number of benzene rings is 1. The molecule has 2 rings (SSSR count). The maximum Gasteiger partial charge on any atom is 0.404 e. The van der Waals surface area contributed by atoms with Gasteiger partial charge < -0.3 is 5.32 Å². The lowest BCUT2D eigenvalue weighted by atomic mass is 9.93. The fourth-order valence-electron chi connectivity index (χ4n) is 2.24. The molecule has 0 saturated heterocycles. The molecular weight excluding hydrogens is 272 g/mol. The Morgan fingerprint density at radius 1 is 1.00 bits per heavy atom. The Bertz CT molecular complexity index is 448. The number of anilines is 1. The first kappa shape index (κ1) is 14.0. The van der Waals surface area contributed by atoms with E-state index in [-0.39, 0.29) is 0 Å². The predicted molar refractivity (Wildman–Crippen MR) is 58.1 cm³/mol. The molecule has 0 atom stereocenters. The fourth-order valence-corrected chi connectivity index (χ4v) is 2.24. The van der Waals surface area contributed by atoms with Gasteiger partial charge in [-0.05, 0) is 30.0 Å². The summed E-state index contributed by atoms with van der Waals surface area (Å²) in [6, 6.07) is 3.18. The van der Waals surface area contributed by atoms with Crippen molar-refractivity contribution in [1.29, 1.82) is 0 Å². The zero-order valence-electron chi connectivity index (χ0n) is 9.70. The molecule has 1 aliphatic heterocycles. The number of fused-ring (bicyclic) bond motifs is 1. The van der Waals surface area contributed by atoms with E-state index in [1.54, 1.807) is 0 Å². The van der Waals surface area contributed by atoms with Crippen LogP contribution in [0.15, 0.2) is 18.2 Å². The highest BCUT2D eigenvalue weighted by Gasteiger charge is 2.57. The topological polar surface area (TPSA) is 12.0 Å². The van der Waals surface area contributed by atoms with Crippen molar-refractivity contribution in [2.45, 2.75) is 31.1 Å². The van der Waals surface area contributed by atoms with Crippen LogP contribution in [0.3, 0.4) is 0 Å². The van der Waals surface area contributed by atoms with Gasteiger partial charge in [-0.25, -0.2) is 0 Å². The molecule has 1 aromatic carbocycles. The van der Waals surface area contributed by atoms with Gasteiger partial charge in [0.1, 0.15) is 0 Å². The molecular formula is C12H11F6N. The van der Waals surface area contributed by atoms with Crippen LogP contribution in [0.1, 0.15) is 23.5 Å². The largest absolute Gasteiger partial charge is 0.404 e. The first-order chi connectivity index (χ1) is 8.69. The first-order valence-electron chi connectivity index (χ1n) is 5.70. The predicted octanol–water partition coefficient (Wildman–Crippen LogP) is 4.25. The second-order valence-corrected chi connectivity index (χ2v) is 4.46. The minimum absolute atomic E-state index is 0.485. The number of hydrogen-bond donors (Lipinski definition) is 1. The third-order valence-electron chi connectivity index (χ3n) is 3.06. The molecule has 1 nitrogen and oxygen atoms in total. The molecule has 1 N–H and O–H groups in total. The Morgan fingerprint density at radius 2 is 1.63 bits per heavy atom.